The maximum absolute atomic E-state index is 10.5. The summed E-state index contributed by atoms with van der Waals surface area (Å²) in [6, 6.07) is 0. The minimum atomic E-state index is -2.01. The lowest BCUT2D eigenvalue weighted by molar-refractivity contribution is -0.141. The largest absolute Gasteiger partial charge is 0.484 e. The summed E-state index contributed by atoms with van der Waals surface area (Å²) >= 11 is 0. The predicted molar refractivity (Wildman–Crippen MR) is 44.3 cm³/mol. The van der Waals surface area contributed by atoms with Gasteiger partial charge in [-0.1, -0.05) is 19.8 Å². The molecule has 0 aromatic heterocycles. The predicted octanol–water partition coefficient (Wildman–Crippen LogP) is -1.03. The van der Waals surface area contributed by atoms with E-state index in [1.54, 1.807) is 0 Å². The third-order valence-corrected chi connectivity index (χ3v) is 1.80. The van der Waals surface area contributed by atoms with Crippen molar-refractivity contribution in [1.82, 2.24) is 0 Å². The quantitative estimate of drug-likeness (QED) is 0.400. The molecule has 0 spiro atoms. The molecule has 70 valence electrons. The molecule has 0 radical (unpaired) electrons. The van der Waals surface area contributed by atoms with Crippen LogP contribution in [0.25, 0.3) is 0 Å². The number of unbranched alkanes of at least 4 members (excludes halogenated alkanes) is 1. The number of rotatable bonds is 5. The molecule has 0 amide bonds. The Morgan fingerprint density at radius 1 is 1.58 bits per heavy atom. The first-order valence-corrected chi connectivity index (χ1v) is 3.83. The van der Waals surface area contributed by atoms with E-state index in [4.69, 9.17) is 20.9 Å². The lowest BCUT2D eigenvalue weighted by Crippen LogP contribution is -2.60. The van der Waals surface area contributed by atoms with Gasteiger partial charge in [0.05, 0.1) is 0 Å². The van der Waals surface area contributed by atoms with Crippen LogP contribution in [0.15, 0.2) is 0 Å². The molecule has 1 unspecified atom stereocenters. The number of hydrogen-bond donors (Lipinski definition) is 4. The molecule has 0 bridgehead atoms. The molecule has 0 aliphatic heterocycles. The Morgan fingerprint density at radius 3 is 2.33 bits per heavy atom. The molecule has 5 N–H and O–H groups in total. The fraction of sp³-hybridized carbons (Fsp3) is 0.833. The summed E-state index contributed by atoms with van der Waals surface area (Å²) in [6.45, 7) is 1.87. The second-order valence-electron chi connectivity index (χ2n) is 2.82. The number of carbonyl (C=O) groups is 1. The van der Waals surface area contributed by atoms with Crippen LogP contribution in [0.2, 0.25) is 0 Å². The zero-order valence-electron chi connectivity index (χ0n) is 7.03. The molecule has 6 heteroatoms. The minimum Gasteiger partial charge on any atom is -0.480 e. The highest BCUT2D eigenvalue weighted by molar-refractivity contribution is 6.51. The van der Waals surface area contributed by atoms with Crippen molar-refractivity contribution in [2.24, 2.45) is 5.73 Å². The number of aliphatic carboxylic acids is 1. The Hall–Kier alpha value is -0.585. The Balaban J connectivity index is 4.29. The summed E-state index contributed by atoms with van der Waals surface area (Å²) < 4.78 is 0. The molecule has 0 saturated heterocycles. The Kier molecular flexibility index (Phi) is 4.23. The lowest BCUT2D eigenvalue weighted by Gasteiger charge is -2.22. The molecule has 1 atom stereocenters. The van der Waals surface area contributed by atoms with E-state index in [9.17, 15) is 4.79 Å². The molecule has 0 aromatic rings. The van der Waals surface area contributed by atoms with Crippen molar-refractivity contribution in [3.63, 3.8) is 0 Å². The van der Waals surface area contributed by atoms with E-state index in [0.717, 1.165) is 6.42 Å². The van der Waals surface area contributed by atoms with Crippen LogP contribution in [0.1, 0.15) is 26.2 Å². The highest BCUT2D eigenvalue weighted by Crippen LogP contribution is 2.12. The SMILES string of the molecule is CCCCC(N)(B(O)O)C(=O)O. The second-order valence-corrected chi connectivity index (χ2v) is 2.82. The van der Waals surface area contributed by atoms with Crippen molar-refractivity contribution in [1.29, 1.82) is 0 Å². The van der Waals surface area contributed by atoms with Crippen LogP contribution in [0, 0.1) is 0 Å². The van der Waals surface area contributed by atoms with Crippen molar-refractivity contribution < 1.29 is 19.9 Å². The second kappa shape index (κ2) is 4.44. The van der Waals surface area contributed by atoms with E-state index in [-0.39, 0.29) is 6.42 Å². The monoisotopic (exact) mass is 175 g/mol. The van der Waals surface area contributed by atoms with Gasteiger partial charge in [-0.2, -0.15) is 0 Å². The van der Waals surface area contributed by atoms with Crippen LogP contribution < -0.4 is 5.73 Å². The van der Waals surface area contributed by atoms with E-state index in [2.05, 4.69) is 0 Å². The van der Waals surface area contributed by atoms with Crippen molar-refractivity contribution in [2.45, 2.75) is 31.6 Å². The van der Waals surface area contributed by atoms with Crippen molar-refractivity contribution in [3.05, 3.63) is 0 Å². The molecule has 0 rings (SSSR count). The normalized spacial score (nSPS) is 15.3. The molecule has 0 saturated carbocycles. The third-order valence-electron chi connectivity index (χ3n) is 1.80. The molecule has 5 nitrogen and oxygen atoms in total. The van der Waals surface area contributed by atoms with Gasteiger partial charge in [0.1, 0.15) is 5.44 Å². The Labute approximate surface area is 71.3 Å². The smallest absolute Gasteiger partial charge is 0.480 e. The average molecular weight is 175 g/mol. The van der Waals surface area contributed by atoms with Gasteiger partial charge in [-0.05, 0) is 6.42 Å². The van der Waals surface area contributed by atoms with Gasteiger partial charge in [-0.15, -0.1) is 0 Å². The first-order valence-electron chi connectivity index (χ1n) is 3.83. The standard InChI is InChI=1S/C6H14BNO4/c1-2-3-4-6(8,5(9)10)7(11)12/h11-12H,2-4,8H2,1H3,(H,9,10). The zero-order valence-corrected chi connectivity index (χ0v) is 7.03. The Morgan fingerprint density at radius 2 is 2.08 bits per heavy atom. The van der Waals surface area contributed by atoms with Gasteiger partial charge in [0.2, 0.25) is 0 Å². The zero-order chi connectivity index (χ0) is 9.78. The maximum atomic E-state index is 10.5. The average Bonchev–Trinajstić information content (AvgIpc) is 1.99. The van der Waals surface area contributed by atoms with Crippen LogP contribution in [-0.4, -0.2) is 33.7 Å². The molecule has 0 aliphatic rings. The van der Waals surface area contributed by atoms with Crippen molar-refractivity contribution >= 4 is 13.1 Å². The van der Waals surface area contributed by atoms with Gasteiger partial charge in [-0.25, -0.2) is 0 Å². The van der Waals surface area contributed by atoms with Gasteiger partial charge in [0.15, 0.2) is 0 Å². The fourth-order valence-corrected chi connectivity index (χ4v) is 0.816. The van der Waals surface area contributed by atoms with Crippen LogP contribution >= 0.6 is 0 Å². The van der Waals surface area contributed by atoms with Crippen LogP contribution in [0.3, 0.4) is 0 Å². The minimum absolute atomic E-state index is 0.0660. The molecule has 0 aromatic carbocycles. The van der Waals surface area contributed by atoms with Crippen LogP contribution in [0.5, 0.6) is 0 Å². The number of nitrogens with two attached hydrogens (primary N) is 1. The van der Waals surface area contributed by atoms with Gasteiger partial charge < -0.3 is 20.9 Å². The summed E-state index contributed by atoms with van der Waals surface area (Å²) in [4.78, 5) is 10.5. The first kappa shape index (κ1) is 11.4. The van der Waals surface area contributed by atoms with E-state index in [1.807, 2.05) is 6.92 Å². The van der Waals surface area contributed by atoms with Gasteiger partial charge in [0.25, 0.3) is 0 Å². The fourth-order valence-electron chi connectivity index (χ4n) is 0.816. The lowest BCUT2D eigenvalue weighted by atomic mass is 9.63. The van der Waals surface area contributed by atoms with E-state index in [0.29, 0.717) is 6.42 Å². The summed E-state index contributed by atoms with van der Waals surface area (Å²) in [6.07, 6.45) is 1.38. The summed E-state index contributed by atoms with van der Waals surface area (Å²) in [5, 5.41) is 26.0. The first-order chi connectivity index (χ1) is 5.45. The summed E-state index contributed by atoms with van der Waals surface area (Å²) in [5.74, 6) is -1.38. The molecular weight excluding hydrogens is 161 g/mol. The van der Waals surface area contributed by atoms with Crippen LogP contribution in [0.4, 0.5) is 0 Å². The van der Waals surface area contributed by atoms with E-state index >= 15 is 0 Å². The van der Waals surface area contributed by atoms with E-state index < -0.39 is 18.5 Å². The Bertz CT molecular complexity index is 164. The van der Waals surface area contributed by atoms with Crippen molar-refractivity contribution in [3.8, 4) is 0 Å². The third kappa shape index (κ3) is 2.47. The molecule has 0 heterocycles. The summed E-state index contributed by atoms with van der Waals surface area (Å²) in [5.41, 5.74) is 3.35. The van der Waals surface area contributed by atoms with E-state index in [1.165, 1.54) is 0 Å². The van der Waals surface area contributed by atoms with Crippen molar-refractivity contribution in [2.75, 3.05) is 0 Å². The molecule has 0 fully saturated rings. The highest BCUT2D eigenvalue weighted by atomic mass is 16.4. The van der Waals surface area contributed by atoms with Gasteiger partial charge in [-0.3, -0.25) is 4.79 Å². The maximum Gasteiger partial charge on any atom is 0.484 e. The van der Waals surface area contributed by atoms with Gasteiger partial charge in [0, 0.05) is 0 Å². The molecule has 12 heavy (non-hydrogen) atoms. The number of hydrogen-bond acceptors (Lipinski definition) is 4. The summed E-state index contributed by atoms with van der Waals surface area (Å²) in [7, 11) is -2.01. The van der Waals surface area contributed by atoms with Gasteiger partial charge >= 0.3 is 13.1 Å². The molecule has 0 aliphatic carbocycles. The van der Waals surface area contributed by atoms with Crippen LogP contribution in [-0.2, 0) is 4.79 Å². The highest BCUT2D eigenvalue weighted by Gasteiger charge is 2.45. The number of carboxylic acid groups (broad SMARTS) is 1. The molecular formula is C6H14BNO4. The topological polar surface area (TPSA) is 104 Å². The number of carboxylic acids is 1.